The molecule has 1 aliphatic rings. The number of carbonyl (C=O) groups excluding carboxylic acids is 1. The van der Waals surface area contributed by atoms with E-state index >= 15 is 0 Å². The van der Waals surface area contributed by atoms with Crippen molar-refractivity contribution in [2.24, 2.45) is 16.6 Å². The second kappa shape index (κ2) is 5.68. The number of allylic oxidation sites excluding steroid dienone is 2. The third kappa shape index (κ3) is 3.32. The molecule has 0 aliphatic heterocycles. The van der Waals surface area contributed by atoms with Gasteiger partial charge in [0.1, 0.15) is 4.91 Å². The van der Waals surface area contributed by atoms with Crippen molar-refractivity contribution in [3.8, 4) is 0 Å². The third-order valence-electron chi connectivity index (χ3n) is 3.19. The molecule has 0 bridgehead atoms. The maximum atomic E-state index is 12.3. The molecule has 0 unspecified atom stereocenters. The molecule has 0 atom stereocenters. The lowest BCUT2D eigenvalue weighted by Gasteiger charge is -2.29. The summed E-state index contributed by atoms with van der Waals surface area (Å²) < 4.78 is 49.3. The van der Waals surface area contributed by atoms with Crippen LogP contribution >= 0.6 is 0 Å². The van der Waals surface area contributed by atoms with E-state index in [-0.39, 0.29) is 4.90 Å². The van der Waals surface area contributed by atoms with Crippen LogP contribution in [0.4, 0.5) is 5.69 Å². The van der Waals surface area contributed by atoms with Crippen molar-refractivity contribution in [2.75, 3.05) is 5.73 Å². The summed E-state index contributed by atoms with van der Waals surface area (Å²) in [4.78, 5) is 11.1. The molecule has 0 saturated carbocycles. The topological polar surface area (TPSA) is 201 Å². The molecular formula is C12H15N5O5S2. The van der Waals surface area contributed by atoms with Crippen molar-refractivity contribution >= 4 is 31.5 Å². The summed E-state index contributed by atoms with van der Waals surface area (Å²) in [5.41, 5.74) is 14.3. The second-order valence-corrected chi connectivity index (χ2v) is 8.24. The molecule has 1 aliphatic carbocycles. The van der Waals surface area contributed by atoms with Gasteiger partial charge in [-0.25, -0.2) is 22.0 Å². The summed E-state index contributed by atoms with van der Waals surface area (Å²) in [5, 5.41) is 4.89. The fourth-order valence-corrected chi connectivity index (χ4v) is 3.72. The molecule has 10 nitrogen and oxygen atoms in total. The Morgan fingerprint density at radius 2 is 1.50 bits per heavy atom. The largest absolute Gasteiger partial charge is 0.399 e. The number of nitrogens with one attached hydrogen (secondary N) is 1. The molecule has 0 saturated heterocycles. The Bertz CT molecular complexity index is 960. The van der Waals surface area contributed by atoms with Crippen LogP contribution in [0.5, 0.6) is 0 Å². The van der Waals surface area contributed by atoms with E-state index in [4.69, 9.17) is 22.3 Å². The number of primary sulfonamides is 1. The van der Waals surface area contributed by atoms with Gasteiger partial charge >= 0.3 is 0 Å². The minimum atomic E-state index is -4.35. The quantitative estimate of drug-likeness (QED) is 0.289. The van der Waals surface area contributed by atoms with Crippen LogP contribution in [0.15, 0.2) is 51.9 Å². The highest BCUT2D eigenvalue weighted by molar-refractivity contribution is 7.94. The number of carbonyl (C=O) groups is 1. The number of hydrogen-bond acceptors (Lipinski definition) is 8. The third-order valence-corrected chi connectivity index (χ3v) is 5.50. The van der Waals surface area contributed by atoms with Crippen LogP contribution in [0.2, 0.25) is 0 Å². The number of benzene rings is 1. The zero-order valence-electron chi connectivity index (χ0n) is 12.1. The monoisotopic (exact) mass is 373 g/mol. The van der Waals surface area contributed by atoms with Crippen molar-refractivity contribution in [1.29, 1.82) is 0 Å². The van der Waals surface area contributed by atoms with E-state index in [0.717, 1.165) is 12.2 Å². The molecule has 24 heavy (non-hydrogen) atoms. The van der Waals surface area contributed by atoms with Crippen LogP contribution in [-0.4, -0.2) is 28.3 Å². The molecule has 0 radical (unpaired) electrons. The summed E-state index contributed by atoms with van der Waals surface area (Å²) in [6.07, 6.45) is 1.80. The first-order valence-corrected chi connectivity index (χ1v) is 9.35. The van der Waals surface area contributed by atoms with Gasteiger partial charge in [0.05, 0.1) is 10.6 Å². The molecular weight excluding hydrogens is 358 g/mol. The van der Waals surface area contributed by atoms with Gasteiger partial charge in [-0.2, -0.15) is 0 Å². The minimum Gasteiger partial charge on any atom is -0.399 e. The lowest BCUT2D eigenvalue weighted by atomic mass is 9.98. The highest BCUT2D eigenvalue weighted by atomic mass is 32.2. The van der Waals surface area contributed by atoms with Crippen molar-refractivity contribution in [3.05, 3.63) is 47.0 Å². The maximum Gasteiger partial charge on any atom is 0.261 e. The summed E-state index contributed by atoms with van der Waals surface area (Å²) in [6, 6.07) is 5.21. The van der Waals surface area contributed by atoms with Gasteiger partial charge in [0, 0.05) is 5.69 Å². The predicted octanol–water partition coefficient (Wildman–Crippen LogP) is -2.20. The van der Waals surface area contributed by atoms with E-state index in [1.807, 2.05) is 0 Å². The van der Waals surface area contributed by atoms with E-state index in [9.17, 15) is 21.6 Å². The van der Waals surface area contributed by atoms with Crippen LogP contribution in [0.25, 0.3) is 0 Å². The van der Waals surface area contributed by atoms with Crippen molar-refractivity contribution in [2.45, 2.75) is 10.6 Å². The van der Waals surface area contributed by atoms with Gasteiger partial charge < -0.3 is 17.2 Å². The Hall–Kier alpha value is -2.25. The molecule has 0 spiro atoms. The number of sulfonamides is 2. The number of Topliss-reactive ketones (excluding diaryl/α,β-unsaturated/α-hetero) is 1. The van der Waals surface area contributed by atoms with Gasteiger partial charge in [-0.05, 0) is 36.4 Å². The lowest BCUT2D eigenvalue weighted by Crippen LogP contribution is -2.63. The molecule has 130 valence electrons. The summed E-state index contributed by atoms with van der Waals surface area (Å²) >= 11 is 0. The van der Waals surface area contributed by atoms with E-state index in [2.05, 4.69) is 4.72 Å². The summed E-state index contributed by atoms with van der Waals surface area (Å²) in [7, 11) is -8.47. The van der Waals surface area contributed by atoms with Crippen molar-refractivity contribution in [3.63, 3.8) is 0 Å². The van der Waals surface area contributed by atoms with E-state index in [1.165, 1.54) is 24.3 Å². The van der Waals surface area contributed by atoms with Gasteiger partial charge in [0.15, 0.2) is 5.66 Å². The van der Waals surface area contributed by atoms with Crippen molar-refractivity contribution < 1.29 is 21.6 Å². The molecule has 0 aromatic heterocycles. The Morgan fingerprint density at radius 1 is 0.958 bits per heavy atom. The first kappa shape index (κ1) is 18.1. The van der Waals surface area contributed by atoms with E-state index in [0.29, 0.717) is 5.69 Å². The van der Waals surface area contributed by atoms with Crippen LogP contribution in [-0.2, 0) is 24.8 Å². The standard InChI is InChI=1S/C12H15N5O5S2/c13-7-1-3-8(4-2-7)24(21,22)17-10-6-5-9(23(16,19)20)11(18)12(10,14)15/h1-6,17H,13-15H2,(H2,16,19,20). The number of nitrogen functional groups attached to an aromatic ring is 1. The average Bonchev–Trinajstić information content (AvgIpc) is 2.43. The summed E-state index contributed by atoms with van der Waals surface area (Å²) in [6.45, 7) is 0. The molecule has 0 fully saturated rings. The van der Waals surface area contributed by atoms with E-state index < -0.39 is 42.1 Å². The lowest BCUT2D eigenvalue weighted by molar-refractivity contribution is -0.118. The zero-order valence-corrected chi connectivity index (χ0v) is 13.8. The first-order valence-electron chi connectivity index (χ1n) is 6.32. The number of rotatable bonds is 4. The highest BCUT2D eigenvalue weighted by Crippen LogP contribution is 2.23. The van der Waals surface area contributed by atoms with Gasteiger partial charge in [-0.3, -0.25) is 9.52 Å². The number of ketones is 1. The smallest absolute Gasteiger partial charge is 0.261 e. The van der Waals surface area contributed by atoms with Crippen LogP contribution < -0.4 is 27.1 Å². The molecule has 0 heterocycles. The second-order valence-electron chi connectivity index (χ2n) is 5.03. The fourth-order valence-electron chi connectivity index (χ4n) is 1.89. The van der Waals surface area contributed by atoms with Gasteiger partial charge in [-0.1, -0.05) is 0 Å². The SMILES string of the molecule is Nc1ccc(S(=O)(=O)NC2=CC=C(S(N)(=O)=O)C(=O)C2(N)N)cc1. The Labute approximate surface area is 138 Å². The van der Waals surface area contributed by atoms with Crippen LogP contribution in [0.3, 0.4) is 0 Å². The first-order chi connectivity index (χ1) is 10.9. The summed E-state index contributed by atoms with van der Waals surface area (Å²) in [5.74, 6) is -1.23. The van der Waals surface area contributed by atoms with Gasteiger partial charge in [-0.15, -0.1) is 0 Å². The number of hydrogen-bond donors (Lipinski definition) is 5. The zero-order chi connectivity index (χ0) is 18.3. The Morgan fingerprint density at radius 3 is 2.00 bits per heavy atom. The average molecular weight is 373 g/mol. The molecule has 12 heteroatoms. The Balaban J connectivity index is 2.45. The fraction of sp³-hybridized carbons (Fsp3) is 0.0833. The van der Waals surface area contributed by atoms with Gasteiger partial charge in [0.2, 0.25) is 15.8 Å². The van der Waals surface area contributed by atoms with Crippen molar-refractivity contribution in [1.82, 2.24) is 4.72 Å². The molecule has 9 N–H and O–H groups in total. The molecule has 1 aromatic rings. The minimum absolute atomic E-state index is 0.151. The van der Waals surface area contributed by atoms with Gasteiger partial charge in [0.25, 0.3) is 10.0 Å². The predicted molar refractivity (Wildman–Crippen MR) is 86.6 cm³/mol. The molecule has 2 rings (SSSR count). The van der Waals surface area contributed by atoms with E-state index in [1.54, 1.807) is 0 Å². The highest BCUT2D eigenvalue weighted by Gasteiger charge is 2.43. The normalized spacial score (nSPS) is 17.9. The Kier molecular flexibility index (Phi) is 4.28. The van der Waals surface area contributed by atoms with Crippen LogP contribution in [0, 0.1) is 0 Å². The number of anilines is 1. The number of nitrogens with two attached hydrogens (primary N) is 4. The maximum absolute atomic E-state index is 12.3. The van der Waals surface area contributed by atoms with Crippen LogP contribution in [0.1, 0.15) is 0 Å². The molecule has 0 amide bonds. The molecule has 1 aromatic carbocycles.